The van der Waals surface area contributed by atoms with Crippen molar-refractivity contribution in [1.82, 2.24) is 0 Å². The minimum atomic E-state index is -2.74. The lowest BCUT2D eigenvalue weighted by atomic mass is 9.96. The molecular formula is C10H18O9. The summed E-state index contributed by atoms with van der Waals surface area (Å²) in [6, 6.07) is 0. The maximum Gasteiger partial charge on any atom is 0.336 e. The third kappa shape index (κ3) is 11.1. The second-order valence-corrected chi connectivity index (χ2v) is 3.84. The minimum absolute atomic E-state index is 0.0810. The average molecular weight is 282 g/mol. The van der Waals surface area contributed by atoms with E-state index in [2.05, 4.69) is 0 Å². The summed E-state index contributed by atoms with van der Waals surface area (Å²) in [7, 11) is 0. The summed E-state index contributed by atoms with van der Waals surface area (Å²) >= 11 is 0. The number of hydrogen-bond acceptors (Lipinski definition) is 6. The van der Waals surface area contributed by atoms with Crippen molar-refractivity contribution in [3.8, 4) is 0 Å². The Morgan fingerprint density at radius 3 is 1.53 bits per heavy atom. The Balaban J connectivity index is 0. The van der Waals surface area contributed by atoms with Gasteiger partial charge in [-0.1, -0.05) is 0 Å². The van der Waals surface area contributed by atoms with Crippen LogP contribution < -0.4 is 0 Å². The molecule has 0 aromatic rings. The highest BCUT2D eigenvalue weighted by molar-refractivity contribution is 5.88. The summed E-state index contributed by atoms with van der Waals surface area (Å²) in [5, 5.41) is 50.3. The highest BCUT2D eigenvalue weighted by Crippen LogP contribution is 2.15. The second kappa shape index (κ2) is 9.25. The molecule has 0 aliphatic rings. The van der Waals surface area contributed by atoms with E-state index in [0.29, 0.717) is 6.42 Å². The van der Waals surface area contributed by atoms with Crippen LogP contribution in [0, 0.1) is 0 Å². The summed E-state index contributed by atoms with van der Waals surface area (Å²) < 4.78 is 0. The molecule has 0 fully saturated rings. The number of aliphatic carboxylic acids is 3. The fraction of sp³-hybridized carbons (Fsp3) is 0.700. The van der Waals surface area contributed by atoms with Crippen molar-refractivity contribution in [1.29, 1.82) is 0 Å². The molecule has 9 heteroatoms. The Labute approximate surface area is 108 Å². The van der Waals surface area contributed by atoms with Crippen LogP contribution in [0.2, 0.25) is 0 Å². The summed E-state index contributed by atoms with van der Waals surface area (Å²) in [6.07, 6.45) is -2.15. The van der Waals surface area contributed by atoms with Gasteiger partial charge in [0.2, 0.25) is 0 Å². The largest absolute Gasteiger partial charge is 0.481 e. The van der Waals surface area contributed by atoms with Crippen LogP contribution in [-0.2, 0) is 14.4 Å². The lowest BCUT2D eigenvalue weighted by molar-refractivity contribution is -0.170. The molecule has 0 aliphatic carbocycles. The molecule has 112 valence electrons. The van der Waals surface area contributed by atoms with E-state index < -0.39 is 36.4 Å². The first-order valence-corrected chi connectivity index (χ1v) is 5.23. The van der Waals surface area contributed by atoms with Crippen LogP contribution in [0.1, 0.15) is 26.2 Å². The molecule has 0 aromatic heterocycles. The van der Waals surface area contributed by atoms with Crippen LogP contribution in [0.3, 0.4) is 0 Å². The van der Waals surface area contributed by atoms with Crippen molar-refractivity contribution < 1.29 is 45.0 Å². The number of aliphatic hydroxyl groups is 3. The molecular weight excluding hydrogens is 264 g/mol. The zero-order chi connectivity index (χ0) is 15.6. The quantitative estimate of drug-likeness (QED) is 0.325. The zero-order valence-electron chi connectivity index (χ0n) is 10.3. The normalized spacial score (nSPS) is 12.0. The van der Waals surface area contributed by atoms with Crippen LogP contribution >= 0.6 is 0 Å². The van der Waals surface area contributed by atoms with Gasteiger partial charge in [-0.2, -0.15) is 0 Å². The van der Waals surface area contributed by atoms with E-state index in [0.717, 1.165) is 0 Å². The molecule has 6 N–H and O–H groups in total. The van der Waals surface area contributed by atoms with E-state index in [4.69, 9.17) is 30.6 Å². The van der Waals surface area contributed by atoms with Gasteiger partial charge in [-0.15, -0.1) is 0 Å². The predicted molar refractivity (Wildman–Crippen MR) is 60.5 cm³/mol. The van der Waals surface area contributed by atoms with E-state index >= 15 is 0 Å². The third-order valence-electron chi connectivity index (χ3n) is 1.83. The SMILES string of the molecule is CC(O)CCO.O=C(O)CC(O)(CC(=O)O)C(=O)O. The highest BCUT2D eigenvalue weighted by atomic mass is 16.4. The Bertz CT molecular complexity index is 294. The molecule has 0 aromatic carbocycles. The lowest BCUT2D eigenvalue weighted by Crippen LogP contribution is -2.42. The molecule has 1 unspecified atom stereocenters. The molecule has 9 nitrogen and oxygen atoms in total. The van der Waals surface area contributed by atoms with E-state index in [9.17, 15) is 14.4 Å². The molecule has 0 spiro atoms. The van der Waals surface area contributed by atoms with Gasteiger partial charge in [0.1, 0.15) is 0 Å². The molecule has 0 aliphatic heterocycles. The van der Waals surface area contributed by atoms with Gasteiger partial charge in [0.05, 0.1) is 18.9 Å². The second-order valence-electron chi connectivity index (χ2n) is 3.84. The van der Waals surface area contributed by atoms with Crippen LogP contribution in [0.25, 0.3) is 0 Å². The van der Waals surface area contributed by atoms with Gasteiger partial charge < -0.3 is 30.6 Å². The van der Waals surface area contributed by atoms with Gasteiger partial charge in [0.15, 0.2) is 5.60 Å². The first-order valence-electron chi connectivity index (χ1n) is 5.23. The van der Waals surface area contributed by atoms with E-state index in [1.807, 2.05) is 0 Å². The molecule has 0 radical (unpaired) electrons. The highest BCUT2D eigenvalue weighted by Gasteiger charge is 2.40. The van der Waals surface area contributed by atoms with Crippen LogP contribution in [0.15, 0.2) is 0 Å². The molecule has 0 saturated carbocycles. The molecule has 0 amide bonds. The van der Waals surface area contributed by atoms with Crippen LogP contribution in [0.4, 0.5) is 0 Å². The van der Waals surface area contributed by atoms with Gasteiger partial charge in [0.25, 0.3) is 0 Å². The number of rotatable bonds is 7. The molecule has 0 saturated heterocycles. The maximum absolute atomic E-state index is 10.3. The van der Waals surface area contributed by atoms with Crippen molar-refractivity contribution in [2.75, 3.05) is 6.61 Å². The van der Waals surface area contributed by atoms with Crippen molar-refractivity contribution in [2.24, 2.45) is 0 Å². The van der Waals surface area contributed by atoms with Crippen molar-refractivity contribution in [2.45, 2.75) is 37.9 Å². The summed E-state index contributed by atoms with van der Waals surface area (Å²) in [4.78, 5) is 30.5. The first-order chi connectivity index (χ1) is 8.55. The number of carboxylic acid groups (broad SMARTS) is 3. The van der Waals surface area contributed by atoms with Crippen LogP contribution in [-0.4, -0.2) is 66.9 Å². The van der Waals surface area contributed by atoms with Crippen molar-refractivity contribution in [3.05, 3.63) is 0 Å². The average Bonchev–Trinajstić information content (AvgIpc) is 2.14. The lowest BCUT2D eigenvalue weighted by Gasteiger charge is -2.18. The first kappa shape index (κ1) is 19.6. The topological polar surface area (TPSA) is 173 Å². The van der Waals surface area contributed by atoms with Gasteiger partial charge in [-0.25, -0.2) is 4.79 Å². The summed E-state index contributed by atoms with van der Waals surface area (Å²) in [5.41, 5.74) is -2.74. The molecule has 0 heterocycles. The third-order valence-corrected chi connectivity index (χ3v) is 1.83. The number of carbonyl (C=O) groups is 3. The Hall–Kier alpha value is -1.71. The van der Waals surface area contributed by atoms with Gasteiger partial charge in [-0.3, -0.25) is 9.59 Å². The van der Waals surface area contributed by atoms with E-state index in [-0.39, 0.29) is 12.7 Å². The Morgan fingerprint density at radius 2 is 1.42 bits per heavy atom. The maximum atomic E-state index is 10.3. The van der Waals surface area contributed by atoms with Gasteiger partial charge in [-0.05, 0) is 13.3 Å². The zero-order valence-corrected chi connectivity index (χ0v) is 10.3. The summed E-state index contributed by atoms with van der Waals surface area (Å²) in [5.74, 6) is -5.02. The van der Waals surface area contributed by atoms with E-state index in [1.165, 1.54) is 0 Å². The number of aliphatic hydroxyl groups excluding tert-OH is 2. The fourth-order valence-electron chi connectivity index (χ4n) is 0.901. The standard InChI is InChI=1S/C6H8O7.C4H10O2/c7-3(8)1-6(13,5(11)12)2-4(9)10;1-4(6)2-3-5/h13H,1-2H2,(H,7,8)(H,9,10)(H,11,12);4-6H,2-3H2,1H3. The molecule has 1 atom stereocenters. The minimum Gasteiger partial charge on any atom is -0.481 e. The molecule has 19 heavy (non-hydrogen) atoms. The Morgan fingerprint density at radius 1 is 1.05 bits per heavy atom. The smallest absolute Gasteiger partial charge is 0.336 e. The predicted octanol–water partition coefficient (Wildman–Crippen LogP) is -1.50. The van der Waals surface area contributed by atoms with Gasteiger partial charge in [0, 0.05) is 6.61 Å². The number of carboxylic acids is 3. The van der Waals surface area contributed by atoms with Crippen molar-refractivity contribution >= 4 is 17.9 Å². The summed E-state index contributed by atoms with van der Waals surface area (Å²) in [6.45, 7) is 1.73. The fourth-order valence-corrected chi connectivity index (χ4v) is 0.901. The monoisotopic (exact) mass is 282 g/mol. The van der Waals surface area contributed by atoms with E-state index in [1.54, 1.807) is 6.92 Å². The van der Waals surface area contributed by atoms with Gasteiger partial charge >= 0.3 is 17.9 Å². The van der Waals surface area contributed by atoms with Crippen molar-refractivity contribution in [3.63, 3.8) is 0 Å². The molecule has 0 bridgehead atoms. The van der Waals surface area contributed by atoms with Crippen LogP contribution in [0.5, 0.6) is 0 Å². The molecule has 0 rings (SSSR count). The number of hydrogen-bond donors (Lipinski definition) is 6. The Kier molecular flexibility index (Phi) is 9.56.